The van der Waals surface area contributed by atoms with Gasteiger partial charge in [0.2, 0.25) is 0 Å². The fourth-order valence-corrected chi connectivity index (χ4v) is 1.10. The van der Waals surface area contributed by atoms with Crippen molar-refractivity contribution in [3.05, 3.63) is 0 Å². The maximum Gasteiger partial charge on any atom is 0.394 e. The van der Waals surface area contributed by atoms with Crippen LogP contribution in [0.2, 0.25) is 0 Å². The third kappa shape index (κ3) is 1.26. The summed E-state index contributed by atoms with van der Waals surface area (Å²) in [6.45, 7) is 0. The Bertz CT molecular complexity index is 215. The minimum Gasteiger partial charge on any atom is -0.468 e. The number of methoxy groups -OCH3 is 1. The standard InChI is InChI=1S/C6H8F3NO2/c1-12-4(11)5(10)2-3(5)6(7,8)9/h3H,2,10H2,1H3. The molecule has 1 fully saturated rings. The van der Waals surface area contributed by atoms with Crippen molar-refractivity contribution in [1.82, 2.24) is 0 Å². The highest BCUT2D eigenvalue weighted by molar-refractivity contribution is 5.84. The van der Waals surface area contributed by atoms with Crippen LogP contribution in [0.15, 0.2) is 0 Å². The molecule has 1 aliphatic rings. The van der Waals surface area contributed by atoms with Gasteiger partial charge in [0.1, 0.15) is 5.54 Å². The molecule has 2 unspecified atom stereocenters. The van der Waals surface area contributed by atoms with E-state index in [4.69, 9.17) is 5.73 Å². The van der Waals surface area contributed by atoms with Gasteiger partial charge in [-0.25, -0.2) is 0 Å². The highest BCUT2D eigenvalue weighted by Crippen LogP contribution is 2.52. The van der Waals surface area contributed by atoms with E-state index in [1.165, 1.54) is 0 Å². The van der Waals surface area contributed by atoms with Gasteiger partial charge in [0, 0.05) is 0 Å². The van der Waals surface area contributed by atoms with Crippen LogP contribution >= 0.6 is 0 Å². The minimum absolute atomic E-state index is 0.372. The molecule has 0 aliphatic heterocycles. The van der Waals surface area contributed by atoms with Crippen LogP contribution in [-0.4, -0.2) is 24.8 Å². The van der Waals surface area contributed by atoms with Crippen molar-refractivity contribution in [3.63, 3.8) is 0 Å². The summed E-state index contributed by atoms with van der Waals surface area (Å²) >= 11 is 0. The summed E-state index contributed by atoms with van der Waals surface area (Å²) in [7, 11) is 1.02. The van der Waals surface area contributed by atoms with Crippen LogP contribution in [0.1, 0.15) is 6.42 Å². The molecule has 12 heavy (non-hydrogen) atoms. The number of ether oxygens (including phenoxy) is 1. The number of halogens is 3. The number of nitrogens with two attached hydrogens (primary N) is 1. The van der Waals surface area contributed by atoms with Crippen molar-refractivity contribution in [3.8, 4) is 0 Å². The Balaban J connectivity index is 2.66. The van der Waals surface area contributed by atoms with Crippen LogP contribution in [0.3, 0.4) is 0 Å². The fourth-order valence-electron chi connectivity index (χ4n) is 1.10. The molecular formula is C6H8F3NO2. The van der Waals surface area contributed by atoms with Crippen molar-refractivity contribution < 1.29 is 22.7 Å². The van der Waals surface area contributed by atoms with Crippen LogP contribution in [0.5, 0.6) is 0 Å². The lowest BCUT2D eigenvalue weighted by molar-refractivity contribution is -0.163. The third-order valence-corrected chi connectivity index (χ3v) is 1.96. The number of alkyl halides is 3. The Kier molecular flexibility index (Phi) is 1.82. The average molecular weight is 183 g/mol. The summed E-state index contributed by atoms with van der Waals surface area (Å²) in [5.74, 6) is -2.73. The zero-order chi connectivity index (χ0) is 9.57. The molecule has 0 bridgehead atoms. The maximum absolute atomic E-state index is 11.9. The first kappa shape index (κ1) is 9.31. The zero-order valence-electron chi connectivity index (χ0n) is 6.31. The predicted octanol–water partition coefficient (Wildman–Crippen LogP) is 0.439. The highest BCUT2D eigenvalue weighted by atomic mass is 19.4. The number of hydrogen-bond acceptors (Lipinski definition) is 3. The van der Waals surface area contributed by atoms with Gasteiger partial charge in [-0.15, -0.1) is 0 Å². The van der Waals surface area contributed by atoms with E-state index in [0.717, 1.165) is 7.11 Å². The van der Waals surface area contributed by atoms with Gasteiger partial charge >= 0.3 is 12.1 Å². The second-order valence-electron chi connectivity index (χ2n) is 2.83. The van der Waals surface area contributed by atoms with Gasteiger partial charge in [-0.05, 0) is 6.42 Å². The second kappa shape index (κ2) is 2.35. The van der Waals surface area contributed by atoms with E-state index < -0.39 is 23.6 Å². The van der Waals surface area contributed by atoms with E-state index in [0.29, 0.717) is 0 Å². The van der Waals surface area contributed by atoms with E-state index in [1.807, 2.05) is 0 Å². The van der Waals surface area contributed by atoms with Crippen LogP contribution in [0.25, 0.3) is 0 Å². The molecule has 0 aromatic heterocycles. The number of rotatable bonds is 1. The minimum atomic E-state index is -4.40. The Morgan fingerprint density at radius 1 is 1.67 bits per heavy atom. The van der Waals surface area contributed by atoms with E-state index in [1.54, 1.807) is 0 Å². The van der Waals surface area contributed by atoms with Gasteiger partial charge in [0.15, 0.2) is 0 Å². The molecule has 0 heterocycles. The summed E-state index contributed by atoms with van der Waals surface area (Å²) in [5.41, 5.74) is 3.31. The molecule has 0 radical (unpaired) electrons. The topological polar surface area (TPSA) is 52.3 Å². The molecule has 1 rings (SSSR count). The van der Waals surface area contributed by atoms with E-state index in [-0.39, 0.29) is 6.42 Å². The molecule has 3 nitrogen and oxygen atoms in total. The molecule has 6 heteroatoms. The van der Waals surface area contributed by atoms with Crippen LogP contribution in [0.4, 0.5) is 13.2 Å². The SMILES string of the molecule is COC(=O)C1(N)CC1C(F)(F)F. The summed E-state index contributed by atoms with van der Waals surface area (Å²) in [5, 5.41) is 0. The average Bonchev–Trinajstić information content (AvgIpc) is 2.61. The Morgan fingerprint density at radius 3 is 2.42 bits per heavy atom. The Labute approximate surface area is 66.7 Å². The largest absolute Gasteiger partial charge is 0.468 e. The highest BCUT2D eigenvalue weighted by Gasteiger charge is 2.69. The van der Waals surface area contributed by atoms with Gasteiger partial charge in [-0.1, -0.05) is 0 Å². The molecule has 70 valence electrons. The van der Waals surface area contributed by atoms with Gasteiger partial charge in [-0.2, -0.15) is 13.2 Å². The first-order valence-corrected chi connectivity index (χ1v) is 3.26. The molecule has 0 spiro atoms. The third-order valence-electron chi connectivity index (χ3n) is 1.96. The summed E-state index contributed by atoms with van der Waals surface area (Å²) in [4.78, 5) is 10.7. The molecule has 1 saturated carbocycles. The monoisotopic (exact) mass is 183 g/mol. The lowest BCUT2D eigenvalue weighted by atomic mass is 10.2. The quantitative estimate of drug-likeness (QED) is 0.600. The summed E-state index contributed by atoms with van der Waals surface area (Å²) < 4.78 is 40.0. The molecule has 0 saturated heterocycles. The zero-order valence-corrected chi connectivity index (χ0v) is 6.31. The van der Waals surface area contributed by atoms with Gasteiger partial charge in [0.05, 0.1) is 13.0 Å². The number of carbonyl (C=O) groups is 1. The lowest BCUT2D eigenvalue weighted by Gasteiger charge is -2.10. The lowest BCUT2D eigenvalue weighted by Crippen LogP contribution is -2.39. The molecule has 1 aliphatic carbocycles. The predicted molar refractivity (Wildman–Crippen MR) is 33.1 cm³/mol. The molecule has 0 aromatic rings. The van der Waals surface area contributed by atoms with Gasteiger partial charge < -0.3 is 10.5 Å². The Morgan fingerprint density at radius 2 is 2.17 bits per heavy atom. The van der Waals surface area contributed by atoms with Crippen LogP contribution in [-0.2, 0) is 9.53 Å². The van der Waals surface area contributed by atoms with Crippen LogP contribution < -0.4 is 5.73 Å². The number of esters is 1. The van der Waals surface area contributed by atoms with E-state index in [9.17, 15) is 18.0 Å². The molecule has 2 atom stereocenters. The van der Waals surface area contributed by atoms with E-state index >= 15 is 0 Å². The fraction of sp³-hybridized carbons (Fsp3) is 0.833. The molecular weight excluding hydrogens is 175 g/mol. The van der Waals surface area contributed by atoms with Gasteiger partial charge in [0.25, 0.3) is 0 Å². The molecule has 0 aromatic carbocycles. The van der Waals surface area contributed by atoms with Crippen molar-refractivity contribution in [2.45, 2.75) is 18.1 Å². The second-order valence-corrected chi connectivity index (χ2v) is 2.83. The normalized spacial score (nSPS) is 34.6. The van der Waals surface area contributed by atoms with Crippen molar-refractivity contribution in [2.75, 3.05) is 7.11 Å². The first-order chi connectivity index (χ1) is 5.32. The maximum atomic E-state index is 11.9. The van der Waals surface area contributed by atoms with Crippen molar-refractivity contribution in [1.29, 1.82) is 0 Å². The smallest absolute Gasteiger partial charge is 0.394 e. The number of carbonyl (C=O) groups excluding carboxylic acids is 1. The molecule has 2 N–H and O–H groups in total. The summed E-state index contributed by atoms with van der Waals surface area (Å²) in [6, 6.07) is 0. The Hall–Kier alpha value is -0.780. The van der Waals surface area contributed by atoms with Crippen molar-refractivity contribution >= 4 is 5.97 Å². The first-order valence-electron chi connectivity index (χ1n) is 3.26. The number of hydrogen-bond donors (Lipinski definition) is 1. The van der Waals surface area contributed by atoms with E-state index in [2.05, 4.69) is 4.74 Å². The van der Waals surface area contributed by atoms with Gasteiger partial charge in [-0.3, -0.25) is 4.79 Å². The van der Waals surface area contributed by atoms with Crippen LogP contribution in [0, 0.1) is 5.92 Å². The summed E-state index contributed by atoms with van der Waals surface area (Å²) in [6.07, 6.45) is -4.77. The van der Waals surface area contributed by atoms with Crippen molar-refractivity contribution in [2.24, 2.45) is 11.7 Å². The molecule has 0 amide bonds.